The number of rotatable bonds is 7. The molecule has 1 aliphatic rings. The third-order valence-electron chi connectivity index (χ3n) is 4.98. The van der Waals surface area contributed by atoms with Gasteiger partial charge >= 0.3 is 0 Å². The first-order valence-electron chi connectivity index (χ1n) is 9.96. The minimum absolute atomic E-state index is 0. The van der Waals surface area contributed by atoms with Gasteiger partial charge in [0.1, 0.15) is 0 Å². The number of halogens is 1. The molecule has 0 radical (unpaired) electrons. The van der Waals surface area contributed by atoms with E-state index in [1.807, 2.05) is 0 Å². The zero-order valence-corrected chi connectivity index (χ0v) is 19.3. The highest BCUT2D eigenvalue weighted by Crippen LogP contribution is 2.16. The van der Waals surface area contributed by atoms with Crippen molar-refractivity contribution in [3.63, 3.8) is 0 Å². The van der Waals surface area contributed by atoms with Gasteiger partial charge in [-0.2, -0.15) is 0 Å². The summed E-state index contributed by atoms with van der Waals surface area (Å²) in [6, 6.07) is 9.35. The molecule has 1 fully saturated rings. The highest BCUT2D eigenvalue weighted by molar-refractivity contribution is 14.0. The van der Waals surface area contributed by atoms with E-state index in [2.05, 4.69) is 67.5 Å². The van der Waals surface area contributed by atoms with Crippen molar-refractivity contribution in [1.29, 1.82) is 0 Å². The predicted molar refractivity (Wildman–Crippen MR) is 124 cm³/mol. The van der Waals surface area contributed by atoms with Crippen molar-refractivity contribution in [1.82, 2.24) is 15.5 Å². The molecule has 1 aromatic rings. The summed E-state index contributed by atoms with van der Waals surface area (Å²) in [5.74, 6) is 1.40. The molecule has 0 spiro atoms. The Morgan fingerprint density at radius 3 is 2.42 bits per heavy atom. The van der Waals surface area contributed by atoms with Crippen molar-refractivity contribution in [2.45, 2.75) is 58.9 Å². The molecule has 5 heteroatoms. The Morgan fingerprint density at radius 2 is 1.85 bits per heavy atom. The lowest BCUT2D eigenvalue weighted by Gasteiger charge is -2.32. The molecular formula is C21H37IN4. The molecule has 0 aliphatic carbocycles. The van der Waals surface area contributed by atoms with Gasteiger partial charge in [-0.15, -0.1) is 24.0 Å². The fraction of sp³-hybridized carbons (Fsp3) is 0.667. The second-order valence-electron chi connectivity index (χ2n) is 7.29. The topological polar surface area (TPSA) is 39.7 Å². The molecule has 1 atom stereocenters. The molecule has 1 unspecified atom stereocenters. The van der Waals surface area contributed by atoms with Crippen LogP contribution in [0.1, 0.15) is 57.1 Å². The van der Waals surface area contributed by atoms with Crippen molar-refractivity contribution in [3.05, 3.63) is 35.4 Å². The van der Waals surface area contributed by atoms with Crippen LogP contribution in [0, 0.1) is 6.92 Å². The van der Waals surface area contributed by atoms with Crippen molar-refractivity contribution in [3.8, 4) is 0 Å². The molecule has 0 aromatic heterocycles. The van der Waals surface area contributed by atoms with Crippen LogP contribution >= 0.6 is 24.0 Å². The van der Waals surface area contributed by atoms with Crippen molar-refractivity contribution < 1.29 is 0 Å². The predicted octanol–water partition coefficient (Wildman–Crippen LogP) is 4.15. The van der Waals surface area contributed by atoms with E-state index in [1.54, 1.807) is 0 Å². The lowest BCUT2D eigenvalue weighted by molar-refractivity contribution is 0.206. The SMILES string of the molecule is CCCN1CCC(NC(=NCC(C)c2ccc(C)cc2)NCC)CC1.I. The summed E-state index contributed by atoms with van der Waals surface area (Å²) in [7, 11) is 0. The van der Waals surface area contributed by atoms with Gasteiger partial charge in [-0.25, -0.2) is 0 Å². The highest BCUT2D eigenvalue weighted by atomic mass is 127. The molecule has 4 nitrogen and oxygen atoms in total. The summed E-state index contributed by atoms with van der Waals surface area (Å²) in [6.45, 7) is 14.1. The Labute approximate surface area is 177 Å². The van der Waals surface area contributed by atoms with Crippen molar-refractivity contribution in [2.75, 3.05) is 32.7 Å². The number of nitrogens with zero attached hydrogens (tertiary/aromatic N) is 2. The van der Waals surface area contributed by atoms with Gasteiger partial charge in [0, 0.05) is 38.1 Å². The minimum atomic E-state index is 0. The first-order valence-corrected chi connectivity index (χ1v) is 9.96. The lowest BCUT2D eigenvalue weighted by Crippen LogP contribution is -2.48. The van der Waals surface area contributed by atoms with Gasteiger partial charge in [-0.3, -0.25) is 4.99 Å². The summed E-state index contributed by atoms with van der Waals surface area (Å²) < 4.78 is 0. The van der Waals surface area contributed by atoms with Gasteiger partial charge in [0.05, 0.1) is 0 Å². The van der Waals surface area contributed by atoms with E-state index < -0.39 is 0 Å². The minimum Gasteiger partial charge on any atom is -0.357 e. The van der Waals surface area contributed by atoms with Crippen LogP contribution in [0.25, 0.3) is 0 Å². The van der Waals surface area contributed by atoms with Crippen LogP contribution in [0.4, 0.5) is 0 Å². The molecule has 26 heavy (non-hydrogen) atoms. The van der Waals surface area contributed by atoms with Crippen LogP contribution < -0.4 is 10.6 Å². The normalized spacial score (nSPS) is 17.5. The number of benzene rings is 1. The third-order valence-corrected chi connectivity index (χ3v) is 4.98. The highest BCUT2D eigenvalue weighted by Gasteiger charge is 2.19. The van der Waals surface area contributed by atoms with E-state index in [-0.39, 0.29) is 24.0 Å². The van der Waals surface area contributed by atoms with Crippen molar-refractivity contribution in [2.24, 2.45) is 4.99 Å². The molecule has 1 heterocycles. The number of piperidine rings is 1. The molecular weight excluding hydrogens is 435 g/mol. The number of aryl methyl sites for hydroxylation is 1. The average Bonchev–Trinajstić information content (AvgIpc) is 2.62. The Balaban J connectivity index is 0.00000338. The number of likely N-dealkylation sites (tertiary alicyclic amines) is 1. The monoisotopic (exact) mass is 472 g/mol. The molecule has 2 N–H and O–H groups in total. The fourth-order valence-electron chi connectivity index (χ4n) is 3.36. The smallest absolute Gasteiger partial charge is 0.191 e. The number of aliphatic imine (C=N–C) groups is 1. The first-order chi connectivity index (χ1) is 12.1. The molecule has 1 aromatic carbocycles. The van der Waals surface area contributed by atoms with Gasteiger partial charge < -0.3 is 15.5 Å². The summed E-state index contributed by atoms with van der Waals surface area (Å²) in [5.41, 5.74) is 2.67. The first kappa shape index (κ1) is 23.2. The maximum Gasteiger partial charge on any atom is 0.191 e. The maximum absolute atomic E-state index is 4.84. The van der Waals surface area contributed by atoms with Gasteiger partial charge in [0.15, 0.2) is 5.96 Å². The van der Waals surface area contributed by atoms with Gasteiger partial charge in [0.2, 0.25) is 0 Å². The molecule has 2 rings (SSSR count). The number of nitrogens with one attached hydrogen (secondary N) is 2. The molecule has 0 bridgehead atoms. The van der Waals surface area contributed by atoms with Crippen LogP contribution in [0.3, 0.4) is 0 Å². The average molecular weight is 472 g/mol. The Bertz CT molecular complexity index is 521. The standard InChI is InChI=1S/C21H36N4.HI/c1-5-13-25-14-11-20(12-15-25)24-21(22-6-2)23-16-18(4)19-9-7-17(3)8-10-19;/h7-10,18,20H,5-6,11-16H2,1-4H3,(H2,22,23,24);1H. The van der Waals surface area contributed by atoms with E-state index >= 15 is 0 Å². The van der Waals surface area contributed by atoms with Crippen molar-refractivity contribution >= 4 is 29.9 Å². The van der Waals surface area contributed by atoms with E-state index in [0.29, 0.717) is 12.0 Å². The Hall–Kier alpha value is -0.820. The molecule has 148 valence electrons. The van der Waals surface area contributed by atoms with Crippen LogP contribution in [0.15, 0.2) is 29.3 Å². The van der Waals surface area contributed by atoms with Crippen LogP contribution in [0.5, 0.6) is 0 Å². The summed E-state index contributed by atoms with van der Waals surface area (Å²) in [5, 5.41) is 7.06. The van der Waals surface area contributed by atoms with Gasteiger partial charge in [-0.05, 0) is 45.2 Å². The van der Waals surface area contributed by atoms with Crippen LogP contribution in [0.2, 0.25) is 0 Å². The van der Waals surface area contributed by atoms with E-state index in [1.165, 1.54) is 50.0 Å². The van der Waals surface area contributed by atoms with Crippen LogP contribution in [-0.2, 0) is 0 Å². The number of guanidine groups is 1. The number of hydrogen-bond acceptors (Lipinski definition) is 2. The summed E-state index contributed by atoms with van der Waals surface area (Å²) in [6.07, 6.45) is 3.66. The van der Waals surface area contributed by atoms with Gasteiger partial charge in [-0.1, -0.05) is 43.7 Å². The lowest BCUT2D eigenvalue weighted by atomic mass is 10.0. The van der Waals surface area contributed by atoms with E-state index in [0.717, 1.165) is 19.0 Å². The Kier molecular flexibility index (Phi) is 11.2. The zero-order valence-electron chi connectivity index (χ0n) is 16.9. The van der Waals surface area contributed by atoms with Crippen LogP contribution in [-0.4, -0.2) is 49.6 Å². The zero-order chi connectivity index (χ0) is 18.1. The molecule has 1 aliphatic heterocycles. The fourth-order valence-corrected chi connectivity index (χ4v) is 3.36. The maximum atomic E-state index is 4.84. The van der Waals surface area contributed by atoms with Gasteiger partial charge in [0.25, 0.3) is 0 Å². The molecule has 0 amide bonds. The van der Waals surface area contributed by atoms with E-state index in [4.69, 9.17) is 4.99 Å². The Morgan fingerprint density at radius 1 is 1.19 bits per heavy atom. The second kappa shape index (κ2) is 12.5. The quantitative estimate of drug-likeness (QED) is 0.356. The largest absolute Gasteiger partial charge is 0.357 e. The summed E-state index contributed by atoms with van der Waals surface area (Å²) in [4.78, 5) is 7.41. The molecule has 1 saturated heterocycles. The number of hydrogen-bond donors (Lipinski definition) is 2. The second-order valence-corrected chi connectivity index (χ2v) is 7.29. The third kappa shape index (κ3) is 7.82. The van der Waals surface area contributed by atoms with E-state index in [9.17, 15) is 0 Å². The molecule has 0 saturated carbocycles. The summed E-state index contributed by atoms with van der Waals surface area (Å²) >= 11 is 0.